The van der Waals surface area contributed by atoms with Gasteiger partial charge in [-0.3, -0.25) is 0 Å². The Labute approximate surface area is 115 Å². The fourth-order valence-corrected chi connectivity index (χ4v) is 2.16. The predicted molar refractivity (Wildman–Crippen MR) is 74.6 cm³/mol. The van der Waals surface area contributed by atoms with Crippen LogP contribution in [0.1, 0.15) is 10.4 Å². The third-order valence-electron chi connectivity index (χ3n) is 3.14. The Hall–Kier alpha value is -2.82. The van der Waals surface area contributed by atoms with Gasteiger partial charge in [0.25, 0.3) is 0 Å². The molecule has 2 aromatic carbocycles. The molecule has 3 aromatic rings. The highest BCUT2D eigenvalue weighted by Crippen LogP contribution is 2.25. The highest BCUT2D eigenvalue weighted by molar-refractivity contribution is 5.93. The number of methoxy groups -OCH3 is 1. The van der Waals surface area contributed by atoms with Crippen LogP contribution in [0.15, 0.2) is 48.7 Å². The first-order valence-electron chi connectivity index (χ1n) is 6.05. The van der Waals surface area contributed by atoms with Crippen molar-refractivity contribution >= 4 is 16.9 Å². The second-order valence-electron chi connectivity index (χ2n) is 4.30. The number of fused-ring (bicyclic) bond motifs is 1. The molecule has 0 spiro atoms. The minimum Gasteiger partial charge on any atom is -0.497 e. The molecule has 0 amide bonds. The molecule has 0 bridgehead atoms. The molecule has 1 aromatic heterocycles. The first-order valence-corrected chi connectivity index (χ1v) is 6.05. The van der Waals surface area contributed by atoms with Gasteiger partial charge in [-0.1, -0.05) is 18.2 Å². The number of carboxylic acids is 1. The molecule has 0 unspecified atom stereocenters. The molecule has 1 N–H and O–H groups in total. The Morgan fingerprint density at radius 3 is 2.80 bits per heavy atom. The molecule has 0 aliphatic heterocycles. The minimum atomic E-state index is -0.998. The van der Waals surface area contributed by atoms with Crippen LogP contribution < -0.4 is 4.74 Å². The quantitative estimate of drug-likeness (QED) is 0.793. The van der Waals surface area contributed by atoms with E-state index in [4.69, 9.17) is 4.74 Å². The van der Waals surface area contributed by atoms with Gasteiger partial charge in [0.05, 0.1) is 30.1 Å². The van der Waals surface area contributed by atoms with E-state index in [9.17, 15) is 9.90 Å². The Bertz CT molecular complexity index is 793. The highest BCUT2D eigenvalue weighted by atomic mass is 16.5. The topological polar surface area (TPSA) is 64.3 Å². The molecule has 1 heterocycles. The largest absolute Gasteiger partial charge is 0.497 e. The van der Waals surface area contributed by atoms with Crippen LogP contribution in [-0.4, -0.2) is 28.0 Å². The smallest absolute Gasteiger partial charge is 0.337 e. The molecular weight excluding hydrogens is 256 g/mol. The number of nitrogens with zero attached hydrogens (tertiary/aromatic N) is 2. The summed E-state index contributed by atoms with van der Waals surface area (Å²) < 4.78 is 6.78. The van der Waals surface area contributed by atoms with Gasteiger partial charge in [-0.05, 0) is 18.2 Å². The molecule has 3 rings (SSSR count). The van der Waals surface area contributed by atoms with Crippen molar-refractivity contribution in [1.29, 1.82) is 0 Å². The van der Waals surface area contributed by atoms with Crippen molar-refractivity contribution in [2.75, 3.05) is 7.11 Å². The number of carboxylic acid groups (broad SMARTS) is 1. The van der Waals surface area contributed by atoms with Gasteiger partial charge < -0.3 is 9.84 Å². The van der Waals surface area contributed by atoms with Gasteiger partial charge >= 0.3 is 5.97 Å². The van der Waals surface area contributed by atoms with Gasteiger partial charge in [-0.15, -0.1) is 0 Å². The van der Waals surface area contributed by atoms with Crippen molar-refractivity contribution in [2.24, 2.45) is 0 Å². The van der Waals surface area contributed by atoms with E-state index in [1.165, 1.54) is 6.07 Å². The molecule has 0 atom stereocenters. The summed E-state index contributed by atoms with van der Waals surface area (Å²) in [4.78, 5) is 11.4. The van der Waals surface area contributed by atoms with Crippen LogP contribution in [0.25, 0.3) is 16.6 Å². The Kier molecular flexibility index (Phi) is 2.87. The summed E-state index contributed by atoms with van der Waals surface area (Å²) in [5, 5.41) is 14.6. The average molecular weight is 268 g/mol. The maximum absolute atomic E-state index is 11.4. The number of hydrogen-bond acceptors (Lipinski definition) is 3. The van der Waals surface area contributed by atoms with E-state index in [-0.39, 0.29) is 5.56 Å². The Morgan fingerprint density at radius 1 is 1.25 bits per heavy atom. The summed E-state index contributed by atoms with van der Waals surface area (Å²) in [5.74, 6) is -0.410. The van der Waals surface area contributed by atoms with Gasteiger partial charge in [0.15, 0.2) is 0 Å². The van der Waals surface area contributed by atoms with Crippen LogP contribution in [-0.2, 0) is 0 Å². The van der Waals surface area contributed by atoms with Crippen LogP contribution in [0.4, 0.5) is 0 Å². The molecule has 0 aliphatic rings. The number of rotatable bonds is 3. The lowest BCUT2D eigenvalue weighted by Gasteiger charge is -2.09. The zero-order valence-corrected chi connectivity index (χ0v) is 10.8. The van der Waals surface area contributed by atoms with Crippen LogP contribution in [0.3, 0.4) is 0 Å². The summed E-state index contributed by atoms with van der Waals surface area (Å²) >= 11 is 0. The second-order valence-corrected chi connectivity index (χ2v) is 4.30. The number of benzene rings is 2. The lowest BCUT2D eigenvalue weighted by molar-refractivity contribution is 0.0697. The van der Waals surface area contributed by atoms with Gasteiger partial charge in [0, 0.05) is 11.5 Å². The molecule has 0 aliphatic carbocycles. The summed E-state index contributed by atoms with van der Waals surface area (Å²) in [7, 11) is 1.54. The van der Waals surface area contributed by atoms with E-state index >= 15 is 0 Å². The average Bonchev–Trinajstić information content (AvgIpc) is 2.90. The summed E-state index contributed by atoms with van der Waals surface area (Å²) in [6, 6.07) is 12.4. The first-order chi connectivity index (χ1) is 9.70. The number of aromatic carboxylic acids is 1. The van der Waals surface area contributed by atoms with Crippen LogP contribution in [0.5, 0.6) is 5.75 Å². The molecule has 5 heteroatoms. The van der Waals surface area contributed by atoms with Gasteiger partial charge in [-0.2, -0.15) is 5.10 Å². The Morgan fingerprint density at radius 2 is 2.05 bits per heavy atom. The van der Waals surface area contributed by atoms with Gasteiger partial charge in [-0.25, -0.2) is 9.48 Å². The zero-order chi connectivity index (χ0) is 14.1. The van der Waals surface area contributed by atoms with E-state index in [2.05, 4.69) is 5.10 Å². The summed E-state index contributed by atoms with van der Waals surface area (Å²) in [5.41, 5.74) is 1.51. The van der Waals surface area contributed by atoms with Crippen molar-refractivity contribution in [3.63, 3.8) is 0 Å². The van der Waals surface area contributed by atoms with Crippen molar-refractivity contribution in [3.05, 3.63) is 54.2 Å². The minimum absolute atomic E-state index is 0.180. The maximum Gasteiger partial charge on any atom is 0.337 e. The molecule has 0 fully saturated rings. The third kappa shape index (κ3) is 1.89. The molecule has 0 saturated carbocycles. The first kappa shape index (κ1) is 12.2. The van der Waals surface area contributed by atoms with Crippen molar-refractivity contribution in [3.8, 4) is 11.4 Å². The predicted octanol–water partition coefficient (Wildman–Crippen LogP) is 2.73. The van der Waals surface area contributed by atoms with E-state index < -0.39 is 5.97 Å². The number of ether oxygens (including phenoxy) is 1. The molecule has 5 nitrogen and oxygen atoms in total. The molecule has 0 saturated heterocycles. The highest BCUT2D eigenvalue weighted by Gasteiger charge is 2.15. The lowest BCUT2D eigenvalue weighted by atomic mass is 10.1. The monoisotopic (exact) mass is 268 g/mol. The summed E-state index contributed by atoms with van der Waals surface area (Å²) in [6.45, 7) is 0. The number of carbonyl (C=O) groups is 1. The van der Waals surface area contributed by atoms with Crippen molar-refractivity contribution in [1.82, 2.24) is 9.78 Å². The Balaban J connectivity index is 2.29. The van der Waals surface area contributed by atoms with E-state index in [1.54, 1.807) is 30.1 Å². The molecule has 0 radical (unpaired) electrons. The third-order valence-corrected chi connectivity index (χ3v) is 3.14. The molecule has 20 heavy (non-hydrogen) atoms. The van der Waals surface area contributed by atoms with E-state index in [0.717, 1.165) is 10.9 Å². The van der Waals surface area contributed by atoms with Gasteiger partial charge in [0.2, 0.25) is 0 Å². The fourth-order valence-electron chi connectivity index (χ4n) is 2.16. The van der Waals surface area contributed by atoms with Crippen molar-refractivity contribution in [2.45, 2.75) is 0 Å². The SMILES string of the molecule is COc1ccc(C(=O)O)c(-n2ncc3ccccc32)c1. The van der Waals surface area contributed by atoms with E-state index in [0.29, 0.717) is 11.4 Å². The molecular formula is C15H12N2O3. The lowest BCUT2D eigenvalue weighted by Crippen LogP contribution is -2.06. The standard InChI is InChI=1S/C15H12N2O3/c1-20-11-6-7-12(15(18)19)14(8-11)17-13-5-3-2-4-10(13)9-16-17/h2-9H,1H3,(H,18,19). The fraction of sp³-hybridized carbons (Fsp3) is 0.0667. The van der Waals surface area contributed by atoms with E-state index in [1.807, 2.05) is 24.3 Å². The maximum atomic E-state index is 11.4. The molecule has 100 valence electrons. The summed E-state index contributed by atoms with van der Waals surface area (Å²) in [6.07, 6.45) is 1.71. The number of aromatic nitrogens is 2. The zero-order valence-electron chi connectivity index (χ0n) is 10.8. The van der Waals surface area contributed by atoms with Crippen LogP contribution in [0, 0.1) is 0 Å². The van der Waals surface area contributed by atoms with Crippen LogP contribution in [0.2, 0.25) is 0 Å². The number of hydrogen-bond donors (Lipinski definition) is 1. The van der Waals surface area contributed by atoms with Gasteiger partial charge in [0.1, 0.15) is 5.75 Å². The van der Waals surface area contributed by atoms with Crippen LogP contribution >= 0.6 is 0 Å². The van der Waals surface area contributed by atoms with Crippen molar-refractivity contribution < 1.29 is 14.6 Å². The normalized spacial score (nSPS) is 10.7. The number of para-hydroxylation sites is 1. The second kappa shape index (κ2) is 4.70.